The Labute approximate surface area is 180 Å². The van der Waals surface area contributed by atoms with Crippen molar-refractivity contribution in [2.45, 2.75) is 19.9 Å². The number of thiazole rings is 1. The number of ether oxygens (including phenoxy) is 1. The number of rotatable bonds is 9. The number of amides is 1. The van der Waals surface area contributed by atoms with E-state index in [4.69, 9.17) is 16.3 Å². The molecule has 2 aromatic carbocycles. The minimum atomic E-state index is -0.0523. The second kappa shape index (κ2) is 10.4. The number of anilines is 1. The highest BCUT2D eigenvalue weighted by atomic mass is 35.5. The highest BCUT2D eigenvalue weighted by molar-refractivity contribution is 7.09. The highest BCUT2D eigenvalue weighted by Gasteiger charge is 2.11. The summed E-state index contributed by atoms with van der Waals surface area (Å²) in [5.74, 6) is 0.713. The van der Waals surface area contributed by atoms with E-state index in [-0.39, 0.29) is 12.3 Å². The molecule has 1 aromatic heterocycles. The van der Waals surface area contributed by atoms with Crippen LogP contribution >= 0.6 is 22.9 Å². The van der Waals surface area contributed by atoms with Crippen LogP contribution in [-0.4, -0.2) is 36.0 Å². The van der Waals surface area contributed by atoms with Crippen molar-refractivity contribution in [1.29, 1.82) is 0 Å². The predicted molar refractivity (Wildman–Crippen MR) is 119 cm³/mol. The molecule has 7 heteroatoms. The molecule has 0 fully saturated rings. The van der Waals surface area contributed by atoms with Crippen LogP contribution in [0.3, 0.4) is 0 Å². The topological polar surface area (TPSA) is 54.5 Å². The van der Waals surface area contributed by atoms with Gasteiger partial charge in [-0.05, 0) is 43.8 Å². The summed E-state index contributed by atoms with van der Waals surface area (Å²) < 4.78 is 5.72. The maximum atomic E-state index is 12.3. The second-order valence-electron chi connectivity index (χ2n) is 6.82. The van der Waals surface area contributed by atoms with Crippen molar-refractivity contribution in [2.75, 3.05) is 25.5 Å². The average molecular weight is 430 g/mol. The number of hydrogen-bond donors (Lipinski definition) is 1. The van der Waals surface area contributed by atoms with E-state index in [1.54, 1.807) is 6.07 Å². The van der Waals surface area contributed by atoms with Crippen LogP contribution in [0.4, 0.5) is 5.69 Å². The second-order valence-corrected chi connectivity index (χ2v) is 8.20. The number of para-hydroxylation sites is 1. The molecular weight excluding hydrogens is 406 g/mol. The number of halogens is 1. The van der Waals surface area contributed by atoms with Gasteiger partial charge in [-0.25, -0.2) is 4.98 Å². The predicted octanol–water partition coefficient (Wildman–Crippen LogP) is 4.80. The van der Waals surface area contributed by atoms with Crippen molar-refractivity contribution in [1.82, 2.24) is 9.88 Å². The van der Waals surface area contributed by atoms with Gasteiger partial charge < -0.3 is 10.1 Å². The minimum Gasteiger partial charge on any atom is -0.492 e. The van der Waals surface area contributed by atoms with Crippen molar-refractivity contribution in [3.8, 4) is 5.75 Å². The monoisotopic (exact) mass is 429 g/mol. The summed E-state index contributed by atoms with van der Waals surface area (Å²) in [6.45, 7) is 4.00. The summed E-state index contributed by atoms with van der Waals surface area (Å²) in [5, 5.41) is 6.43. The smallest absolute Gasteiger partial charge is 0.231 e. The van der Waals surface area contributed by atoms with E-state index in [9.17, 15) is 4.79 Å². The molecule has 3 aromatic rings. The number of nitrogens with zero attached hydrogens (tertiary/aromatic N) is 2. The molecule has 1 heterocycles. The summed E-state index contributed by atoms with van der Waals surface area (Å²) in [6.07, 6.45) is 0.278. The van der Waals surface area contributed by atoms with Gasteiger partial charge in [-0.3, -0.25) is 9.69 Å². The van der Waals surface area contributed by atoms with Crippen LogP contribution in [-0.2, 0) is 17.8 Å². The Morgan fingerprint density at radius 2 is 2.07 bits per heavy atom. The Morgan fingerprint density at radius 3 is 2.86 bits per heavy atom. The lowest BCUT2D eigenvalue weighted by Gasteiger charge is -2.15. The fraction of sp³-hybridized carbons (Fsp3) is 0.273. The van der Waals surface area contributed by atoms with Crippen molar-refractivity contribution in [2.24, 2.45) is 0 Å². The number of aromatic nitrogens is 1. The number of aryl methyl sites for hydroxylation is 1. The summed E-state index contributed by atoms with van der Waals surface area (Å²) >= 11 is 7.47. The molecule has 0 spiro atoms. The normalized spacial score (nSPS) is 10.9. The quantitative estimate of drug-likeness (QED) is 0.531. The van der Waals surface area contributed by atoms with Crippen molar-refractivity contribution >= 4 is 34.5 Å². The van der Waals surface area contributed by atoms with Gasteiger partial charge in [0.25, 0.3) is 0 Å². The summed E-state index contributed by atoms with van der Waals surface area (Å²) in [4.78, 5) is 19.0. The number of nitrogens with one attached hydrogen (secondary N) is 1. The van der Waals surface area contributed by atoms with Gasteiger partial charge in [0.15, 0.2) is 0 Å². The van der Waals surface area contributed by atoms with Crippen molar-refractivity contribution < 1.29 is 9.53 Å². The molecular formula is C22H24ClN3O2S. The van der Waals surface area contributed by atoms with Gasteiger partial charge in [-0.1, -0.05) is 35.9 Å². The van der Waals surface area contributed by atoms with Gasteiger partial charge in [-0.2, -0.15) is 0 Å². The number of carbonyl (C=O) groups excluding carboxylic acids is 1. The fourth-order valence-corrected chi connectivity index (χ4v) is 3.74. The Hall–Kier alpha value is -2.41. The van der Waals surface area contributed by atoms with Crippen LogP contribution in [0.5, 0.6) is 5.75 Å². The molecule has 29 heavy (non-hydrogen) atoms. The first kappa shape index (κ1) is 21.3. The molecule has 1 amide bonds. The molecule has 0 saturated heterocycles. The standard InChI is InChI=1S/C22H24ClN3O2S/c1-16-6-3-4-9-20(16)25-21(27)13-22-24-18(15-29-22)14-26(2)10-11-28-19-8-5-7-17(23)12-19/h3-9,12,15H,10-11,13-14H2,1-2H3,(H,25,27). The van der Waals surface area contributed by atoms with E-state index in [2.05, 4.69) is 15.2 Å². The molecule has 0 bridgehead atoms. The molecule has 0 aliphatic carbocycles. The maximum Gasteiger partial charge on any atom is 0.231 e. The maximum absolute atomic E-state index is 12.3. The summed E-state index contributed by atoms with van der Waals surface area (Å²) in [6, 6.07) is 15.1. The van der Waals surface area contributed by atoms with Gasteiger partial charge in [0.1, 0.15) is 17.4 Å². The third-order valence-electron chi connectivity index (χ3n) is 4.30. The number of carbonyl (C=O) groups is 1. The van der Waals surface area contributed by atoms with E-state index in [0.29, 0.717) is 18.2 Å². The first-order valence-electron chi connectivity index (χ1n) is 9.35. The molecule has 0 aliphatic heterocycles. The largest absolute Gasteiger partial charge is 0.492 e. The zero-order valence-electron chi connectivity index (χ0n) is 16.5. The van der Waals surface area contributed by atoms with Crippen LogP contribution in [0.25, 0.3) is 0 Å². The Balaban J connectivity index is 1.43. The third kappa shape index (κ3) is 6.85. The van der Waals surface area contributed by atoms with E-state index in [1.165, 1.54) is 11.3 Å². The number of hydrogen-bond acceptors (Lipinski definition) is 5. The van der Waals surface area contributed by atoms with Gasteiger partial charge in [0.05, 0.1) is 12.1 Å². The molecule has 5 nitrogen and oxygen atoms in total. The molecule has 1 N–H and O–H groups in total. The van der Waals surface area contributed by atoms with E-state index < -0.39 is 0 Å². The minimum absolute atomic E-state index is 0.0523. The van der Waals surface area contributed by atoms with E-state index >= 15 is 0 Å². The zero-order valence-corrected chi connectivity index (χ0v) is 18.1. The first-order chi connectivity index (χ1) is 14.0. The highest BCUT2D eigenvalue weighted by Crippen LogP contribution is 2.18. The summed E-state index contributed by atoms with van der Waals surface area (Å²) in [5.41, 5.74) is 2.84. The molecule has 3 rings (SSSR count). The van der Waals surface area contributed by atoms with Crippen LogP contribution in [0.1, 0.15) is 16.3 Å². The molecule has 0 atom stereocenters. The molecule has 0 aliphatic rings. The molecule has 0 radical (unpaired) electrons. The van der Waals surface area contributed by atoms with Gasteiger partial charge in [0.2, 0.25) is 5.91 Å². The SMILES string of the molecule is Cc1ccccc1NC(=O)Cc1nc(CN(C)CCOc2cccc(Cl)c2)cs1. The molecule has 152 valence electrons. The number of likely N-dealkylation sites (N-methyl/N-ethyl adjacent to an activating group) is 1. The lowest BCUT2D eigenvalue weighted by molar-refractivity contribution is -0.115. The lowest BCUT2D eigenvalue weighted by Crippen LogP contribution is -2.24. The summed E-state index contributed by atoms with van der Waals surface area (Å²) in [7, 11) is 2.02. The van der Waals surface area contributed by atoms with Crippen molar-refractivity contribution in [3.05, 3.63) is 75.2 Å². The fourth-order valence-electron chi connectivity index (χ4n) is 2.78. The van der Waals surface area contributed by atoms with Gasteiger partial charge >= 0.3 is 0 Å². The van der Waals surface area contributed by atoms with Crippen LogP contribution in [0.15, 0.2) is 53.9 Å². The molecule has 0 saturated carbocycles. The van der Waals surface area contributed by atoms with Gasteiger partial charge in [0, 0.05) is 29.2 Å². The zero-order chi connectivity index (χ0) is 20.6. The van der Waals surface area contributed by atoms with Gasteiger partial charge in [-0.15, -0.1) is 11.3 Å². The Bertz CT molecular complexity index is 960. The Morgan fingerprint density at radius 1 is 1.24 bits per heavy atom. The van der Waals surface area contributed by atoms with Crippen LogP contribution in [0, 0.1) is 6.92 Å². The van der Waals surface area contributed by atoms with Crippen LogP contribution < -0.4 is 10.1 Å². The first-order valence-corrected chi connectivity index (χ1v) is 10.6. The number of benzene rings is 2. The average Bonchev–Trinajstić information content (AvgIpc) is 3.10. The molecule has 0 unspecified atom stereocenters. The van der Waals surface area contributed by atoms with E-state index in [1.807, 2.05) is 61.8 Å². The Kier molecular flexibility index (Phi) is 7.63. The van der Waals surface area contributed by atoms with Crippen LogP contribution in [0.2, 0.25) is 5.02 Å². The lowest BCUT2D eigenvalue weighted by atomic mass is 10.2. The van der Waals surface area contributed by atoms with E-state index in [0.717, 1.165) is 34.2 Å². The third-order valence-corrected chi connectivity index (χ3v) is 5.43. The van der Waals surface area contributed by atoms with Crippen molar-refractivity contribution in [3.63, 3.8) is 0 Å².